The normalized spacial score (nSPS) is 28.7. The molecule has 1 atom stereocenters. The van der Waals surface area contributed by atoms with Crippen molar-refractivity contribution < 1.29 is 22.3 Å². The number of hydrogen-bond acceptors (Lipinski definition) is 4. The molecule has 0 radical (unpaired) electrons. The van der Waals surface area contributed by atoms with Crippen molar-refractivity contribution in [3.05, 3.63) is 58.7 Å². The summed E-state index contributed by atoms with van der Waals surface area (Å²) in [4.78, 5) is 9.52. The Labute approximate surface area is 183 Å². The third-order valence-corrected chi connectivity index (χ3v) is 7.13. The van der Waals surface area contributed by atoms with Gasteiger partial charge in [-0.2, -0.15) is 8.78 Å². The number of benzene rings is 2. The molecule has 2 aromatic carbocycles. The minimum atomic E-state index is -2.79. The molecule has 1 saturated carbocycles. The van der Waals surface area contributed by atoms with E-state index in [1.807, 2.05) is 19.1 Å². The molecule has 1 heterocycles. The van der Waals surface area contributed by atoms with Crippen LogP contribution in [0.4, 0.5) is 17.6 Å². The van der Waals surface area contributed by atoms with Gasteiger partial charge in [0, 0.05) is 17.0 Å². The Bertz CT molecular complexity index is 1120. The highest BCUT2D eigenvalue weighted by Gasteiger charge is 2.60. The van der Waals surface area contributed by atoms with Gasteiger partial charge in [-0.15, -0.1) is 0 Å². The fraction of sp³-hybridized carbons (Fsp3) is 0.417. The Hall–Kier alpha value is -2.74. The molecule has 2 spiro atoms. The predicted molar refractivity (Wildman–Crippen MR) is 114 cm³/mol. The highest BCUT2D eigenvalue weighted by molar-refractivity contribution is 6.30. The topological polar surface area (TPSA) is 60.0 Å². The van der Waals surface area contributed by atoms with Crippen LogP contribution >= 0.6 is 0 Å². The summed E-state index contributed by atoms with van der Waals surface area (Å²) >= 11 is 0. The molecule has 1 aliphatic heterocycles. The predicted octanol–water partition coefficient (Wildman–Crippen LogP) is 5.26. The number of nitrogens with zero attached hydrogens (tertiary/aromatic N) is 2. The van der Waals surface area contributed by atoms with Crippen molar-refractivity contribution in [2.45, 2.75) is 57.4 Å². The first-order valence-electron chi connectivity index (χ1n) is 10.7. The third-order valence-electron chi connectivity index (χ3n) is 7.13. The molecule has 2 aromatic rings. The highest BCUT2D eigenvalue weighted by atomic mass is 19.3. The van der Waals surface area contributed by atoms with Crippen LogP contribution in [-0.4, -0.2) is 24.8 Å². The molecule has 168 valence electrons. The van der Waals surface area contributed by atoms with Crippen LogP contribution in [0.1, 0.15) is 42.4 Å². The molecule has 0 aromatic heterocycles. The summed E-state index contributed by atoms with van der Waals surface area (Å²) in [6.07, 6.45) is 3.89. The zero-order chi connectivity index (χ0) is 22.7. The largest absolute Gasteiger partial charge is 0.383 e. The van der Waals surface area contributed by atoms with Gasteiger partial charge < -0.3 is 10.5 Å². The monoisotopic (exact) mass is 445 g/mol. The van der Waals surface area contributed by atoms with E-state index in [1.54, 1.807) is 6.21 Å². The van der Waals surface area contributed by atoms with Crippen molar-refractivity contribution in [2.24, 2.45) is 21.1 Å². The Kier molecular flexibility index (Phi) is 4.89. The molecule has 8 heteroatoms. The zero-order valence-corrected chi connectivity index (χ0v) is 17.5. The fourth-order valence-corrected chi connectivity index (χ4v) is 5.77. The lowest BCUT2D eigenvalue weighted by molar-refractivity contribution is -0.177. The maximum Gasteiger partial charge on any atom is 0.345 e. The molecular formula is C24H23F4N3O. The second-order valence-corrected chi connectivity index (χ2v) is 9.00. The van der Waals surface area contributed by atoms with E-state index in [-0.39, 0.29) is 0 Å². The summed E-state index contributed by atoms with van der Waals surface area (Å²) in [6.45, 7) is -0.891. The summed E-state index contributed by atoms with van der Waals surface area (Å²) in [6, 6.07) is 7.38. The standard InChI is InChI=1S/C24H23F4N3O/c1-13-6-15-11-23(4-2-18(3-5-23)32-22(27)28)24(30-12-21(29)31-24)20(15)10-19(13)14-7-16(25)9-17(26)8-14/h6-10,12,18,22H,2-5,11H2,1H3,(H2,29,31). The van der Waals surface area contributed by atoms with E-state index < -0.39 is 35.4 Å². The SMILES string of the molecule is Cc1cc2c(cc1-c1cc(F)cc(F)c1)C1(N=CC(N)=N1)C1(CCC(OC(F)F)CC1)C2. The Balaban J connectivity index is 1.60. The first kappa shape index (κ1) is 21.1. The number of amidine groups is 1. The number of aliphatic imine (C=N–C) groups is 2. The van der Waals surface area contributed by atoms with Gasteiger partial charge in [-0.3, -0.25) is 4.99 Å². The first-order chi connectivity index (χ1) is 15.2. The number of ether oxygens (including phenoxy) is 1. The van der Waals surface area contributed by atoms with Crippen LogP contribution < -0.4 is 5.73 Å². The third kappa shape index (κ3) is 3.23. The summed E-state index contributed by atoms with van der Waals surface area (Å²) in [7, 11) is 0. The summed E-state index contributed by atoms with van der Waals surface area (Å²) in [5.74, 6) is -0.990. The summed E-state index contributed by atoms with van der Waals surface area (Å²) < 4.78 is 58.0. The summed E-state index contributed by atoms with van der Waals surface area (Å²) in [5, 5.41) is 0. The molecule has 0 amide bonds. The van der Waals surface area contributed by atoms with Gasteiger partial charge in [0.15, 0.2) is 5.66 Å². The van der Waals surface area contributed by atoms with Crippen LogP contribution in [0.5, 0.6) is 0 Å². The molecule has 0 saturated heterocycles. The quantitative estimate of drug-likeness (QED) is 0.656. The number of rotatable bonds is 3. The van der Waals surface area contributed by atoms with Crippen LogP contribution in [0.2, 0.25) is 0 Å². The second kappa shape index (κ2) is 7.40. The fourth-order valence-electron chi connectivity index (χ4n) is 5.77. The molecule has 32 heavy (non-hydrogen) atoms. The molecule has 3 aliphatic rings. The Morgan fingerprint density at radius 2 is 1.75 bits per heavy atom. The lowest BCUT2D eigenvalue weighted by atomic mass is 9.65. The molecule has 5 rings (SSSR count). The lowest BCUT2D eigenvalue weighted by Gasteiger charge is -2.44. The van der Waals surface area contributed by atoms with E-state index in [0.717, 1.165) is 22.8 Å². The molecule has 1 unspecified atom stereocenters. The van der Waals surface area contributed by atoms with E-state index in [9.17, 15) is 17.6 Å². The average molecular weight is 445 g/mol. The van der Waals surface area contributed by atoms with Crippen LogP contribution in [-0.2, 0) is 16.8 Å². The molecule has 4 nitrogen and oxygen atoms in total. The van der Waals surface area contributed by atoms with E-state index in [0.29, 0.717) is 49.1 Å². The van der Waals surface area contributed by atoms with E-state index in [1.165, 1.54) is 12.1 Å². The first-order valence-corrected chi connectivity index (χ1v) is 10.7. The van der Waals surface area contributed by atoms with Gasteiger partial charge in [0.25, 0.3) is 0 Å². The van der Waals surface area contributed by atoms with Crippen LogP contribution in [0.25, 0.3) is 11.1 Å². The van der Waals surface area contributed by atoms with Crippen molar-refractivity contribution in [2.75, 3.05) is 0 Å². The van der Waals surface area contributed by atoms with Crippen molar-refractivity contribution in [1.29, 1.82) is 0 Å². The van der Waals surface area contributed by atoms with Crippen molar-refractivity contribution in [3.63, 3.8) is 0 Å². The van der Waals surface area contributed by atoms with Gasteiger partial charge in [0.2, 0.25) is 0 Å². The Morgan fingerprint density at radius 3 is 2.34 bits per heavy atom. The second-order valence-electron chi connectivity index (χ2n) is 9.00. The van der Waals surface area contributed by atoms with Gasteiger partial charge in [-0.1, -0.05) is 6.07 Å². The van der Waals surface area contributed by atoms with Gasteiger partial charge in [-0.05, 0) is 79.5 Å². The van der Waals surface area contributed by atoms with Crippen molar-refractivity contribution in [1.82, 2.24) is 0 Å². The van der Waals surface area contributed by atoms with E-state index in [2.05, 4.69) is 0 Å². The molecular weight excluding hydrogens is 422 g/mol. The summed E-state index contributed by atoms with van der Waals surface area (Å²) in [5.41, 5.74) is 8.58. The molecule has 2 N–H and O–H groups in total. The minimum Gasteiger partial charge on any atom is -0.383 e. The minimum absolute atomic E-state index is 0.308. The number of nitrogens with two attached hydrogens (primary N) is 1. The van der Waals surface area contributed by atoms with Crippen LogP contribution in [0.3, 0.4) is 0 Å². The zero-order valence-electron chi connectivity index (χ0n) is 17.5. The molecule has 0 bridgehead atoms. The van der Waals surface area contributed by atoms with Crippen molar-refractivity contribution in [3.8, 4) is 11.1 Å². The van der Waals surface area contributed by atoms with Gasteiger partial charge in [0.1, 0.15) is 17.5 Å². The molecule has 2 aliphatic carbocycles. The number of aryl methyl sites for hydroxylation is 1. The Morgan fingerprint density at radius 1 is 1.06 bits per heavy atom. The van der Waals surface area contributed by atoms with E-state index >= 15 is 0 Å². The smallest absolute Gasteiger partial charge is 0.345 e. The van der Waals surface area contributed by atoms with Crippen LogP contribution in [0.15, 0.2) is 40.3 Å². The maximum atomic E-state index is 13.9. The highest BCUT2D eigenvalue weighted by Crippen LogP contribution is 2.62. The average Bonchev–Trinajstić information content (AvgIpc) is 3.21. The van der Waals surface area contributed by atoms with Crippen LogP contribution in [0, 0.1) is 24.0 Å². The van der Waals surface area contributed by atoms with E-state index in [4.69, 9.17) is 20.5 Å². The number of fused-ring (bicyclic) bond motifs is 3. The van der Waals surface area contributed by atoms with Crippen molar-refractivity contribution >= 4 is 12.1 Å². The number of halogens is 4. The molecule has 1 fully saturated rings. The maximum absolute atomic E-state index is 13.9. The lowest BCUT2D eigenvalue weighted by Crippen LogP contribution is -2.43. The van der Waals surface area contributed by atoms with Gasteiger partial charge in [-0.25, -0.2) is 13.8 Å². The number of hydrogen-bond donors (Lipinski definition) is 1. The number of alkyl halides is 2. The van der Waals surface area contributed by atoms with Gasteiger partial charge >= 0.3 is 6.61 Å². The van der Waals surface area contributed by atoms with Gasteiger partial charge in [0.05, 0.1) is 12.3 Å².